The summed E-state index contributed by atoms with van der Waals surface area (Å²) in [5, 5.41) is 0.917. The quantitative estimate of drug-likeness (QED) is 0.397. The molecule has 0 N–H and O–H groups in total. The minimum atomic E-state index is -4.40. The van der Waals surface area contributed by atoms with Gasteiger partial charge in [0.1, 0.15) is 6.04 Å². The summed E-state index contributed by atoms with van der Waals surface area (Å²) in [6.07, 6.45) is -4.40. The number of carbonyl (C=O) groups excluding carboxylic acids is 1. The van der Waals surface area contributed by atoms with Gasteiger partial charge in [0.15, 0.2) is 0 Å². The Bertz CT molecular complexity index is 1210. The number of aromatic nitrogens is 1. The average Bonchev–Trinajstić information content (AvgIpc) is 3.23. The fourth-order valence-electron chi connectivity index (χ4n) is 3.96. The molecule has 1 atom stereocenters. The molecule has 0 saturated carbocycles. The third-order valence-electron chi connectivity index (χ3n) is 5.26. The van der Waals surface area contributed by atoms with Crippen molar-refractivity contribution < 1.29 is 18.0 Å². The first-order chi connectivity index (χ1) is 13.9. The summed E-state index contributed by atoms with van der Waals surface area (Å²) in [4.78, 5) is 15.0. The highest BCUT2D eigenvalue weighted by molar-refractivity contribution is 6.05. The standard InChI is InChI=1S/C23H15F3N2O/c24-23(25,26)17-12-10-15(11-13-17)21-20-14-16-6-4-5-9-19(16)28(20)22(29)27(21)18-7-2-1-3-8-18/h1-14,21H. The molecule has 3 aromatic carbocycles. The van der Waals surface area contributed by atoms with Crippen LogP contribution in [0.3, 0.4) is 0 Å². The maximum absolute atomic E-state index is 13.4. The van der Waals surface area contributed by atoms with Crippen molar-refractivity contribution in [3.63, 3.8) is 0 Å². The van der Waals surface area contributed by atoms with Gasteiger partial charge in [0.2, 0.25) is 0 Å². The smallest absolute Gasteiger partial charge is 0.281 e. The molecule has 144 valence electrons. The van der Waals surface area contributed by atoms with E-state index in [4.69, 9.17) is 0 Å². The molecule has 0 saturated heterocycles. The first kappa shape index (κ1) is 17.6. The molecule has 0 spiro atoms. The predicted octanol–water partition coefficient (Wildman–Crippen LogP) is 6.24. The molecule has 1 unspecified atom stereocenters. The predicted molar refractivity (Wildman–Crippen MR) is 105 cm³/mol. The molecule has 1 aromatic heterocycles. The van der Waals surface area contributed by atoms with Gasteiger partial charge in [0.05, 0.1) is 16.8 Å². The van der Waals surface area contributed by atoms with Crippen LogP contribution in [0, 0.1) is 0 Å². The zero-order valence-electron chi connectivity index (χ0n) is 15.1. The van der Waals surface area contributed by atoms with Crippen molar-refractivity contribution in [1.82, 2.24) is 4.57 Å². The van der Waals surface area contributed by atoms with Gasteiger partial charge in [-0.25, -0.2) is 4.79 Å². The number of amides is 1. The molecule has 6 heteroatoms. The number of alkyl halides is 3. The van der Waals surface area contributed by atoms with Gasteiger partial charge in [-0.2, -0.15) is 13.2 Å². The van der Waals surface area contributed by atoms with Gasteiger partial charge < -0.3 is 0 Å². The summed E-state index contributed by atoms with van der Waals surface area (Å²) < 4.78 is 40.7. The zero-order chi connectivity index (χ0) is 20.2. The number of halogens is 3. The van der Waals surface area contributed by atoms with Crippen molar-refractivity contribution in [2.75, 3.05) is 4.90 Å². The van der Waals surface area contributed by atoms with E-state index < -0.39 is 17.8 Å². The Morgan fingerprint density at radius 2 is 1.45 bits per heavy atom. The fraction of sp³-hybridized carbons (Fsp3) is 0.0870. The van der Waals surface area contributed by atoms with Crippen LogP contribution >= 0.6 is 0 Å². The molecule has 4 aromatic rings. The molecule has 1 amide bonds. The lowest BCUT2D eigenvalue weighted by molar-refractivity contribution is -0.137. The molecule has 29 heavy (non-hydrogen) atoms. The molecule has 2 heterocycles. The van der Waals surface area contributed by atoms with Crippen LogP contribution in [0.2, 0.25) is 0 Å². The van der Waals surface area contributed by atoms with E-state index in [1.165, 1.54) is 12.1 Å². The Kier molecular flexibility index (Phi) is 3.77. The van der Waals surface area contributed by atoms with Crippen LogP contribution in [0.15, 0.2) is 84.9 Å². The number of rotatable bonds is 2. The second-order valence-electron chi connectivity index (χ2n) is 6.97. The van der Waals surface area contributed by atoms with Crippen LogP contribution in [0.25, 0.3) is 10.9 Å². The second kappa shape index (κ2) is 6.24. The molecule has 5 rings (SSSR count). The second-order valence-corrected chi connectivity index (χ2v) is 6.97. The van der Waals surface area contributed by atoms with Crippen molar-refractivity contribution >= 4 is 22.6 Å². The van der Waals surface area contributed by atoms with Gasteiger partial charge in [-0.1, -0.05) is 48.5 Å². The number of para-hydroxylation sites is 2. The van der Waals surface area contributed by atoms with Crippen molar-refractivity contribution in [3.05, 3.63) is 102 Å². The Balaban J connectivity index is 1.71. The number of anilines is 1. The maximum Gasteiger partial charge on any atom is 0.416 e. The van der Waals surface area contributed by atoms with Gasteiger partial charge in [-0.3, -0.25) is 9.47 Å². The monoisotopic (exact) mass is 392 g/mol. The summed E-state index contributed by atoms with van der Waals surface area (Å²) in [6.45, 7) is 0. The molecule has 1 aliphatic heterocycles. The SMILES string of the molecule is O=C1N(c2ccccc2)C(c2ccc(C(F)(F)F)cc2)c2cc3ccccc3n21. The number of benzene rings is 3. The summed E-state index contributed by atoms with van der Waals surface area (Å²) in [6, 6.07) is 22.9. The summed E-state index contributed by atoms with van der Waals surface area (Å²) in [7, 11) is 0. The van der Waals surface area contributed by atoms with Gasteiger partial charge in [-0.05, 0) is 42.0 Å². The Morgan fingerprint density at radius 3 is 2.14 bits per heavy atom. The fourth-order valence-corrected chi connectivity index (χ4v) is 3.96. The highest BCUT2D eigenvalue weighted by Gasteiger charge is 2.40. The molecule has 0 radical (unpaired) electrons. The minimum Gasteiger partial charge on any atom is -0.281 e. The lowest BCUT2D eigenvalue weighted by Gasteiger charge is -2.25. The van der Waals surface area contributed by atoms with E-state index in [9.17, 15) is 18.0 Å². The van der Waals surface area contributed by atoms with Crippen molar-refractivity contribution in [1.29, 1.82) is 0 Å². The molecule has 1 aliphatic rings. The number of carbonyl (C=O) groups is 1. The van der Waals surface area contributed by atoms with E-state index in [2.05, 4.69) is 0 Å². The third-order valence-corrected chi connectivity index (χ3v) is 5.26. The number of fused-ring (bicyclic) bond motifs is 3. The van der Waals surface area contributed by atoms with Crippen molar-refractivity contribution in [2.24, 2.45) is 0 Å². The first-order valence-corrected chi connectivity index (χ1v) is 9.11. The van der Waals surface area contributed by atoms with Crippen LogP contribution < -0.4 is 4.90 Å². The first-order valence-electron chi connectivity index (χ1n) is 9.11. The lowest BCUT2D eigenvalue weighted by atomic mass is 10.0. The largest absolute Gasteiger partial charge is 0.416 e. The minimum absolute atomic E-state index is 0.225. The topological polar surface area (TPSA) is 25.2 Å². The number of nitrogens with zero attached hydrogens (tertiary/aromatic N) is 2. The van der Waals surface area contributed by atoms with E-state index in [0.29, 0.717) is 11.3 Å². The summed E-state index contributed by atoms with van der Waals surface area (Å²) in [5.74, 6) is 0. The van der Waals surface area contributed by atoms with E-state index in [0.717, 1.165) is 28.7 Å². The lowest BCUT2D eigenvalue weighted by Crippen LogP contribution is -2.30. The normalized spacial score (nSPS) is 16.4. The van der Waals surface area contributed by atoms with E-state index in [-0.39, 0.29) is 6.03 Å². The molecule has 0 fully saturated rings. The number of hydrogen-bond acceptors (Lipinski definition) is 1. The van der Waals surface area contributed by atoms with Crippen LogP contribution in [0.4, 0.5) is 23.7 Å². The molecule has 0 aliphatic carbocycles. The van der Waals surface area contributed by atoms with E-state index in [1.54, 1.807) is 9.47 Å². The molecular formula is C23H15F3N2O. The van der Waals surface area contributed by atoms with Gasteiger partial charge in [0, 0.05) is 11.1 Å². The van der Waals surface area contributed by atoms with E-state index >= 15 is 0 Å². The maximum atomic E-state index is 13.4. The highest BCUT2D eigenvalue weighted by atomic mass is 19.4. The van der Waals surface area contributed by atoms with Crippen LogP contribution in [-0.2, 0) is 6.18 Å². The van der Waals surface area contributed by atoms with Crippen LogP contribution in [-0.4, -0.2) is 10.6 Å². The van der Waals surface area contributed by atoms with E-state index in [1.807, 2.05) is 60.7 Å². The van der Waals surface area contributed by atoms with Crippen molar-refractivity contribution in [2.45, 2.75) is 12.2 Å². The molecule has 3 nitrogen and oxygen atoms in total. The Hall–Kier alpha value is -3.54. The molecular weight excluding hydrogens is 377 g/mol. The van der Waals surface area contributed by atoms with Crippen LogP contribution in [0.1, 0.15) is 22.9 Å². The Labute approximate surface area is 164 Å². The zero-order valence-corrected chi connectivity index (χ0v) is 15.1. The van der Waals surface area contributed by atoms with Gasteiger partial charge in [-0.15, -0.1) is 0 Å². The molecule has 0 bridgehead atoms. The highest BCUT2D eigenvalue weighted by Crippen LogP contribution is 2.42. The Morgan fingerprint density at radius 1 is 0.793 bits per heavy atom. The summed E-state index contributed by atoms with van der Waals surface area (Å²) in [5.41, 5.74) is 2.12. The van der Waals surface area contributed by atoms with Crippen LogP contribution in [0.5, 0.6) is 0 Å². The van der Waals surface area contributed by atoms with Gasteiger partial charge >= 0.3 is 12.2 Å². The summed E-state index contributed by atoms with van der Waals surface area (Å²) >= 11 is 0. The third kappa shape index (κ3) is 2.71. The van der Waals surface area contributed by atoms with Crippen molar-refractivity contribution in [3.8, 4) is 0 Å². The van der Waals surface area contributed by atoms with Gasteiger partial charge in [0.25, 0.3) is 0 Å². The average molecular weight is 392 g/mol. The number of hydrogen-bond donors (Lipinski definition) is 0.